The van der Waals surface area contributed by atoms with Crippen molar-refractivity contribution in [3.05, 3.63) is 30.3 Å². The summed E-state index contributed by atoms with van der Waals surface area (Å²) in [6.45, 7) is 5.18. The molecule has 13 heavy (non-hydrogen) atoms. The smallest absolute Gasteiger partial charge is 0.329 e. The highest BCUT2D eigenvalue weighted by Crippen LogP contribution is 1.99. The Hall–Kier alpha value is -0.755. The third-order valence-electron chi connectivity index (χ3n) is 2.10. The summed E-state index contributed by atoms with van der Waals surface area (Å²) in [4.78, 5) is 0. The Kier molecular flexibility index (Phi) is 4.62. The Morgan fingerprint density at radius 3 is 2.62 bits per heavy atom. The Balaban J connectivity index is 2.20. The van der Waals surface area contributed by atoms with Gasteiger partial charge in [0.1, 0.15) is 0 Å². The lowest BCUT2D eigenvalue weighted by Gasteiger charge is -2.08. The minimum Gasteiger partial charge on any atom is -0.434 e. The fourth-order valence-corrected chi connectivity index (χ4v) is 0.958. The van der Waals surface area contributed by atoms with Crippen molar-refractivity contribution in [2.45, 2.75) is 20.3 Å². The summed E-state index contributed by atoms with van der Waals surface area (Å²) in [7, 11) is 1.83. The topological polar surface area (TPSA) is 9.23 Å². The SMILES string of the molecule is CCC(C)CO[B]c1ccccc1. The van der Waals surface area contributed by atoms with Gasteiger partial charge in [-0.2, -0.15) is 0 Å². The van der Waals surface area contributed by atoms with E-state index in [0.29, 0.717) is 5.92 Å². The highest BCUT2D eigenvalue weighted by Gasteiger charge is 2.00. The highest BCUT2D eigenvalue weighted by atomic mass is 16.4. The van der Waals surface area contributed by atoms with Gasteiger partial charge in [-0.25, -0.2) is 0 Å². The van der Waals surface area contributed by atoms with Crippen molar-refractivity contribution in [1.82, 2.24) is 0 Å². The molecule has 0 saturated heterocycles. The molecule has 2 heteroatoms. The lowest BCUT2D eigenvalue weighted by molar-refractivity contribution is 0.273. The zero-order chi connectivity index (χ0) is 9.52. The largest absolute Gasteiger partial charge is 0.434 e. The average molecular weight is 175 g/mol. The van der Waals surface area contributed by atoms with Gasteiger partial charge in [0.25, 0.3) is 0 Å². The zero-order valence-corrected chi connectivity index (χ0v) is 8.36. The van der Waals surface area contributed by atoms with E-state index < -0.39 is 0 Å². The van der Waals surface area contributed by atoms with Crippen LogP contribution >= 0.6 is 0 Å². The molecule has 0 saturated carbocycles. The van der Waals surface area contributed by atoms with Crippen molar-refractivity contribution in [1.29, 1.82) is 0 Å². The summed E-state index contributed by atoms with van der Waals surface area (Å²) in [6, 6.07) is 10.1. The van der Waals surface area contributed by atoms with Crippen LogP contribution in [-0.4, -0.2) is 14.1 Å². The van der Waals surface area contributed by atoms with Crippen molar-refractivity contribution in [2.75, 3.05) is 6.61 Å². The lowest BCUT2D eigenvalue weighted by atomic mass is 9.88. The second kappa shape index (κ2) is 5.82. The molecule has 0 aliphatic heterocycles. The predicted molar refractivity (Wildman–Crippen MR) is 57.2 cm³/mol. The van der Waals surface area contributed by atoms with E-state index in [4.69, 9.17) is 4.65 Å². The number of hydrogen-bond acceptors (Lipinski definition) is 1. The molecule has 0 heterocycles. The number of rotatable bonds is 5. The minimum atomic E-state index is 0.639. The van der Waals surface area contributed by atoms with Gasteiger partial charge in [-0.3, -0.25) is 0 Å². The molecule has 1 aromatic rings. The Morgan fingerprint density at radius 1 is 1.31 bits per heavy atom. The van der Waals surface area contributed by atoms with E-state index in [1.54, 1.807) is 0 Å². The molecular formula is C11H16BO. The Morgan fingerprint density at radius 2 is 2.00 bits per heavy atom. The van der Waals surface area contributed by atoms with Gasteiger partial charge in [0.05, 0.1) is 0 Å². The van der Waals surface area contributed by atoms with Crippen molar-refractivity contribution in [3.8, 4) is 0 Å². The first-order valence-corrected chi connectivity index (χ1v) is 4.82. The minimum absolute atomic E-state index is 0.639. The molecule has 1 rings (SSSR count). The molecule has 0 bridgehead atoms. The molecule has 1 atom stereocenters. The molecule has 0 N–H and O–H groups in total. The molecular weight excluding hydrogens is 159 g/mol. The third kappa shape index (κ3) is 4.14. The van der Waals surface area contributed by atoms with Crippen LogP contribution in [0.2, 0.25) is 0 Å². The summed E-state index contributed by atoms with van der Waals surface area (Å²) >= 11 is 0. The molecule has 1 aromatic carbocycles. The predicted octanol–water partition coefficient (Wildman–Crippen LogP) is 1.99. The van der Waals surface area contributed by atoms with Gasteiger partial charge in [-0.1, -0.05) is 56.1 Å². The second-order valence-electron chi connectivity index (χ2n) is 3.38. The first-order chi connectivity index (χ1) is 6.33. The first kappa shape index (κ1) is 10.3. The van der Waals surface area contributed by atoms with E-state index in [1.807, 2.05) is 37.8 Å². The molecule has 1 radical (unpaired) electrons. The molecule has 0 fully saturated rings. The van der Waals surface area contributed by atoms with Gasteiger partial charge in [0, 0.05) is 6.61 Å². The zero-order valence-electron chi connectivity index (χ0n) is 8.36. The van der Waals surface area contributed by atoms with Gasteiger partial charge >= 0.3 is 7.48 Å². The van der Waals surface area contributed by atoms with Crippen molar-refractivity contribution < 1.29 is 4.65 Å². The quantitative estimate of drug-likeness (QED) is 0.622. The maximum absolute atomic E-state index is 5.45. The van der Waals surface area contributed by atoms with Crippen LogP contribution in [0.1, 0.15) is 20.3 Å². The average Bonchev–Trinajstić information content (AvgIpc) is 2.19. The molecule has 0 aliphatic rings. The van der Waals surface area contributed by atoms with E-state index >= 15 is 0 Å². The molecule has 1 nitrogen and oxygen atoms in total. The van der Waals surface area contributed by atoms with Gasteiger partial charge in [0.2, 0.25) is 0 Å². The number of benzene rings is 1. The molecule has 0 aliphatic carbocycles. The molecule has 1 unspecified atom stereocenters. The van der Waals surface area contributed by atoms with Gasteiger partial charge < -0.3 is 4.65 Å². The fourth-order valence-electron chi connectivity index (χ4n) is 0.958. The van der Waals surface area contributed by atoms with Crippen molar-refractivity contribution >= 4 is 12.9 Å². The fraction of sp³-hybridized carbons (Fsp3) is 0.455. The monoisotopic (exact) mass is 175 g/mol. The number of hydrogen-bond donors (Lipinski definition) is 0. The van der Waals surface area contributed by atoms with Crippen molar-refractivity contribution in [2.24, 2.45) is 5.92 Å². The maximum Gasteiger partial charge on any atom is 0.329 e. The highest BCUT2D eigenvalue weighted by molar-refractivity contribution is 6.46. The summed E-state index contributed by atoms with van der Waals surface area (Å²) < 4.78 is 5.45. The van der Waals surface area contributed by atoms with Crippen LogP contribution in [0.25, 0.3) is 0 Å². The maximum atomic E-state index is 5.45. The standard InChI is InChI=1S/C11H16BO/c1-3-10(2)9-13-12-11-7-5-4-6-8-11/h4-8,10H,3,9H2,1-2H3. The molecule has 0 spiro atoms. The van der Waals surface area contributed by atoms with Crippen LogP contribution in [0.4, 0.5) is 0 Å². The van der Waals surface area contributed by atoms with Crippen LogP contribution in [0.15, 0.2) is 30.3 Å². The second-order valence-corrected chi connectivity index (χ2v) is 3.38. The normalized spacial score (nSPS) is 12.5. The molecule has 0 amide bonds. The van der Waals surface area contributed by atoms with E-state index in [2.05, 4.69) is 13.8 Å². The van der Waals surface area contributed by atoms with Gasteiger partial charge in [-0.05, 0) is 5.92 Å². The van der Waals surface area contributed by atoms with Crippen LogP contribution in [0.5, 0.6) is 0 Å². The van der Waals surface area contributed by atoms with E-state index in [9.17, 15) is 0 Å². The van der Waals surface area contributed by atoms with Crippen LogP contribution in [0.3, 0.4) is 0 Å². The van der Waals surface area contributed by atoms with Gasteiger partial charge in [0.15, 0.2) is 0 Å². The molecule has 0 aromatic heterocycles. The Labute approximate surface area is 81.4 Å². The Bertz CT molecular complexity index is 223. The third-order valence-corrected chi connectivity index (χ3v) is 2.10. The van der Waals surface area contributed by atoms with Gasteiger partial charge in [-0.15, -0.1) is 0 Å². The summed E-state index contributed by atoms with van der Waals surface area (Å²) in [6.07, 6.45) is 1.17. The van der Waals surface area contributed by atoms with Crippen LogP contribution in [-0.2, 0) is 4.65 Å². The van der Waals surface area contributed by atoms with E-state index in [-0.39, 0.29) is 0 Å². The lowest BCUT2D eigenvalue weighted by Crippen LogP contribution is -2.19. The van der Waals surface area contributed by atoms with Crippen molar-refractivity contribution in [3.63, 3.8) is 0 Å². The van der Waals surface area contributed by atoms with E-state index in [1.165, 1.54) is 6.42 Å². The summed E-state index contributed by atoms with van der Waals surface area (Å²) in [5, 5.41) is 0. The first-order valence-electron chi connectivity index (χ1n) is 4.82. The van der Waals surface area contributed by atoms with Crippen LogP contribution in [0, 0.1) is 5.92 Å². The summed E-state index contributed by atoms with van der Waals surface area (Å²) in [5.41, 5.74) is 1.13. The van der Waals surface area contributed by atoms with Crippen LogP contribution < -0.4 is 5.46 Å². The summed E-state index contributed by atoms with van der Waals surface area (Å²) in [5.74, 6) is 0.639. The molecule has 69 valence electrons. The van der Waals surface area contributed by atoms with E-state index in [0.717, 1.165) is 12.1 Å².